The molecule has 3 heteroatoms. The second-order valence-corrected chi connectivity index (χ2v) is 3.12. The van der Waals surface area contributed by atoms with Crippen molar-refractivity contribution in [3.05, 3.63) is 23.3 Å². The summed E-state index contributed by atoms with van der Waals surface area (Å²) in [4.78, 5) is 4.26. The van der Waals surface area contributed by atoms with Gasteiger partial charge >= 0.3 is 0 Å². The predicted molar refractivity (Wildman–Crippen MR) is 53.0 cm³/mol. The molecule has 0 aliphatic rings. The molecule has 0 saturated heterocycles. The highest BCUT2D eigenvalue weighted by Crippen LogP contribution is 2.23. The van der Waals surface area contributed by atoms with E-state index in [9.17, 15) is 0 Å². The average Bonchev–Trinajstić information content (AvgIpc) is 2.55. The van der Waals surface area contributed by atoms with Crippen molar-refractivity contribution in [2.75, 3.05) is 12.4 Å². The monoisotopic (exact) mass is 176 g/mol. The van der Waals surface area contributed by atoms with Gasteiger partial charge in [-0.15, -0.1) is 0 Å². The van der Waals surface area contributed by atoms with Gasteiger partial charge in [0.05, 0.1) is 0 Å². The fourth-order valence-corrected chi connectivity index (χ4v) is 1.33. The summed E-state index contributed by atoms with van der Waals surface area (Å²) in [6, 6.07) is 4.60. The van der Waals surface area contributed by atoms with Crippen molar-refractivity contribution in [1.29, 1.82) is 0 Å². The summed E-state index contributed by atoms with van der Waals surface area (Å²) in [6.07, 6.45) is 0. The molecule has 0 unspecified atom stereocenters. The number of nitrogens with zero attached hydrogens (tertiary/aromatic N) is 1. The maximum atomic E-state index is 5.51. The van der Waals surface area contributed by atoms with E-state index in [1.165, 1.54) is 5.56 Å². The highest BCUT2D eigenvalue weighted by molar-refractivity contribution is 5.78. The summed E-state index contributed by atoms with van der Waals surface area (Å²) in [5.41, 5.74) is 4.18. The van der Waals surface area contributed by atoms with Crippen LogP contribution in [0.25, 0.3) is 11.1 Å². The van der Waals surface area contributed by atoms with Crippen LogP contribution in [-0.4, -0.2) is 12.0 Å². The van der Waals surface area contributed by atoms with E-state index in [1.54, 1.807) is 7.05 Å². The Morgan fingerprint density at radius 1 is 1.31 bits per heavy atom. The summed E-state index contributed by atoms with van der Waals surface area (Å²) < 4.78 is 5.51. The Balaban J connectivity index is 2.76. The van der Waals surface area contributed by atoms with Crippen LogP contribution in [0.15, 0.2) is 16.5 Å². The van der Waals surface area contributed by atoms with E-state index < -0.39 is 0 Å². The zero-order valence-electron chi connectivity index (χ0n) is 8.01. The van der Waals surface area contributed by atoms with E-state index >= 15 is 0 Å². The van der Waals surface area contributed by atoms with Gasteiger partial charge < -0.3 is 9.73 Å². The first-order valence-corrected chi connectivity index (χ1v) is 4.27. The Hall–Kier alpha value is -1.51. The molecule has 13 heavy (non-hydrogen) atoms. The molecular weight excluding hydrogens is 164 g/mol. The molecule has 3 nitrogen and oxygen atoms in total. The molecule has 1 aromatic heterocycles. The fraction of sp³-hybridized carbons (Fsp3) is 0.300. The van der Waals surface area contributed by atoms with Crippen molar-refractivity contribution in [3.8, 4) is 0 Å². The van der Waals surface area contributed by atoms with Crippen LogP contribution in [0.1, 0.15) is 11.1 Å². The number of fused-ring (bicyclic) bond motifs is 1. The van der Waals surface area contributed by atoms with Crippen molar-refractivity contribution in [1.82, 2.24) is 4.98 Å². The van der Waals surface area contributed by atoms with Crippen LogP contribution in [-0.2, 0) is 0 Å². The first-order chi connectivity index (χ1) is 6.22. The molecule has 0 bridgehead atoms. The third kappa shape index (κ3) is 1.16. The predicted octanol–water partition coefficient (Wildman–Crippen LogP) is 2.49. The molecule has 0 amide bonds. The maximum absolute atomic E-state index is 5.51. The summed E-state index contributed by atoms with van der Waals surface area (Å²) in [5, 5.41) is 2.89. The van der Waals surface area contributed by atoms with E-state index in [1.807, 2.05) is 13.0 Å². The fourth-order valence-electron chi connectivity index (χ4n) is 1.33. The number of nitrogens with one attached hydrogen (secondary N) is 1. The minimum absolute atomic E-state index is 0.573. The number of aryl methyl sites for hydroxylation is 2. The van der Waals surface area contributed by atoms with Gasteiger partial charge in [-0.2, -0.15) is 4.98 Å². The van der Waals surface area contributed by atoms with Gasteiger partial charge in [0.2, 0.25) is 0 Å². The molecule has 1 aromatic carbocycles. The molecule has 0 fully saturated rings. The second kappa shape index (κ2) is 2.76. The molecule has 2 aromatic rings. The van der Waals surface area contributed by atoms with Crippen molar-refractivity contribution in [2.45, 2.75) is 13.8 Å². The van der Waals surface area contributed by atoms with E-state index in [2.05, 4.69) is 23.3 Å². The molecule has 0 aliphatic carbocycles. The highest BCUT2D eigenvalue weighted by Gasteiger charge is 2.07. The lowest BCUT2D eigenvalue weighted by atomic mass is 10.1. The Labute approximate surface area is 76.8 Å². The number of benzene rings is 1. The van der Waals surface area contributed by atoms with E-state index in [0.717, 1.165) is 16.7 Å². The van der Waals surface area contributed by atoms with E-state index in [4.69, 9.17) is 4.42 Å². The minimum atomic E-state index is 0.573. The Kier molecular flexibility index (Phi) is 1.72. The molecular formula is C10H12N2O. The normalized spacial score (nSPS) is 10.7. The van der Waals surface area contributed by atoms with Crippen LogP contribution in [0.5, 0.6) is 0 Å². The molecule has 0 radical (unpaired) electrons. The zero-order chi connectivity index (χ0) is 9.42. The highest BCUT2D eigenvalue weighted by atomic mass is 16.4. The number of aromatic nitrogens is 1. The van der Waals surface area contributed by atoms with Crippen LogP contribution < -0.4 is 5.32 Å². The topological polar surface area (TPSA) is 38.1 Å². The van der Waals surface area contributed by atoms with Gasteiger partial charge in [0, 0.05) is 7.05 Å². The maximum Gasteiger partial charge on any atom is 0.295 e. The first-order valence-electron chi connectivity index (χ1n) is 4.27. The second-order valence-electron chi connectivity index (χ2n) is 3.12. The number of rotatable bonds is 1. The standard InChI is InChI=1S/C10H12N2O/c1-6-4-5-8-9(7(6)2)13-10(11-3)12-8/h4-5H,1-3H3,(H,11,12). The molecule has 0 saturated carbocycles. The third-order valence-electron chi connectivity index (χ3n) is 2.29. The molecule has 1 heterocycles. The SMILES string of the molecule is CNc1nc2ccc(C)c(C)c2o1. The van der Waals surface area contributed by atoms with Gasteiger partial charge in [-0.05, 0) is 31.0 Å². The zero-order valence-corrected chi connectivity index (χ0v) is 8.01. The first kappa shape index (κ1) is 8.10. The number of anilines is 1. The summed E-state index contributed by atoms with van der Waals surface area (Å²) in [6.45, 7) is 4.11. The smallest absolute Gasteiger partial charge is 0.295 e. The third-order valence-corrected chi connectivity index (χ3v) is 2.29. The quantitative estimate of drug-likeness (QED) is 0.725. The summed E-state index contributed by atoms with van der Waals surface area (Å²) >= 11 is 0. The summed E-state index contributed by atoms with van der Waals surface area (Å²) in [7, 11) is 1.80. The Bertz CT molecular complexity index is 445. The molecule has 2 rings (SSSR count). The van der Waals surface area contributed by atoms with Crippen molar-refractivity contribution < 1.29 is 4.42 Å². The van der Waals surface area contributed by atoms with Crippen LogP contribution >= 0.6 is 0 Å². The van der Waals surface area contributed by atoms with Gasteiger partial charge in [-0.3, -0.25) is 0 Å². The lowest BCUT2D eigenvalue weighted by molar-refractivity contribution is 0.617. The largest absolute Gasteiger partial charge is 0.423 e. The van der Waals surface area contributed by atoms with Crippen molar-refractivity contribution in [3.63, 3.8) is 0 Å². The summed E-state index contributed by atoms with van der Waals surface area (Å²) in [5.74, 6) is 0. The van der Waals surface area contributed by atoms with Crippen LogP contribution in [0.3, 0.4) is 0 Å². The van der Waals surface area contributed by atoms with Crippen LogP contribution in [0.4, 0.5) is 6.01 Å². The molecule has 0 aliphatic heterocycles. The van der Waals surface area contributed by atoms with Gasteiger partial charge in [0.25, 0.3) is 6.01 Å². The number of oxazole rings is 1. The number of hydrogen-bond acceptors (Lipinski definition) is 3. The Morgan fingerprint density at radius 3 is 2.77 bits per heavy atom. The van der Waals surface area contributed by atoms with Crippen LogP contribution in [0, 0.1) is 13.8 Å². The molecule has 68 valence electrons. The van der Waals surface area contributed by atoms with E-state index in [0.29, 0.717) is 6.01 Å². The van der Waals surface area contributed by atoms with E-state index in [-0.39, 0.29) is 0 Å². The Morgan fingerprint density at radius 2 is 2.08 bits per heavy atom. The molecule has 1 N–H and O–H groups in total. The van der Waals surface area contributed by atoms with Gasteiger partial charge in [0.15, 0.2) is 5.58 Å². The van der Waals surface area contributed by atoms with Gasteiger partial charge in [-0.1, -0.05) is 6.07 Å². The minimum Gasteiger partial charge on any atom is -0.423 e. The average molecular weight is 176 g/mol. The van der Waals surface area contributed by atoms with Crippen LogP contribution in [0.2, 0.25) is 0 Å². The van der Waals surface area contributed by atoms with Crippen molar-refractivity contribution >= 4 is 17.1 Å². The lowest BCUT2D eigenvalue weighted by Crippen LogP contribution is -1.85. The number of hydrogen-bond donors (Lipinski definition) is 1. The molecule has 0 atom stereocenters. The molecule has 0 spiro atoms. The lowest BCUT2D eigenvalue weighted by Gasteiger charge is -1.97. The van der Waals surface area contributed by atoms with Gasteiger partial charge in [-0.25, -0.2) is 0 Å². The van der Waals surface area contributed by atoms with Gasteiger partial charge in [0.1, 0.15) is 5.52 Å². The van der Waals surface area contributed by atoms with Crippen molar-refractivity contribution in [2.24, 2.45) is 0 Å².